The molecule has 1 rings (SSSR count). The van der Waals surface area contributed by atoms with E-state index in [4.69, 9.17) is 5.73 Å². The van der Waals surface area contributed by atoms with Gasteiger partial charge in [-0.1, -0.05) is 41.8 Å². The van der Waals surface area contributed by atoms with E-state index in [0.717, 1.165) is 29.3 Å². The van der Waals surface area contributed by atoms with Crippen molar-refractivity contribution in [2.45, 2.75) is 32.2 Å². The molecule has 86 valence electrons. The molecule has 0 aromatic heterocycles. The standard InChI is InChI=1S/C11H15BrFN.ClH/c1-2-3-4-11(14)9-6-5-8(13)7-10(9)12;/h5-7,11H,2-4,14H2,1H3;1H/t11-;/m0./s1. The molecule has 0 spiro atoms. The quantitative estimate of drug-likeness (QED) is 0.885. The Morgan fingerprint density at radius 1 is 1.47 bits per heavy atom. The highest BCUT2D eigenvalue weighted by Crippen LogP contribution is 2.25. The average molecular weight is 297 g/mol. The van der Waals surface area contributed by atoms with Crippen LogP contribution < -0.4 is 5.73 Å². The van der Waals surface area contributed by atoms with E-state index in [2.05, 4.69) is 22.9 Å². The fraction of sp³-hybridized carbons (Fsp3) is 0.455. The second-order valence-electron chi connectivity index (χ2n) is 3.41. The summed E-state index contributed by atoms with van der Waals surface area (Å²) in [5, 5.41) is 0. The zero-order valence-electron chi connectivity index (χ0n) is 8.67. The Morgan fingerprint density at radius 2 is 2.13 bits per heavy atom. The van der Waals surface area contributed by atoms with E-state index < -0.39 is 0 Å². The summed E-state index contributed by atoms with van der Waals surface area (Å²) < 4.78 is 13.6. The summed E-state index contributed by atoms with van der Waals surface area (Å²) in [6.07, 6.45) is 3.18. The smallest absolute Gasteiger partial charge is 0.124 e. The van der Waals surface area contributed by atoms with Crippen LogP contribution in [0, 0.1) is 5.82 Å². The van der Waals surface area contributed by atoms with Gasteiger partial charge in [0.05, 0.1) is 0 Å². The Balaban J connectivity index is 0.00000196. The molecule has 0 saturated carbocycles. The Morgan fingerprint density at radius 3 is 2.67 bits per heavy atom. The first-order valence-electron chi connectivity index (χ1n) is 4.85. The van der Waals surface area contributed by atoms with Crippen molar-refractivity contribution >= 4 is 28.3 Å². The molecule has 2 N–H and O–H groups in total. The predicted octanol–water partition coefficient (Wildman–Crippen LogP) is 4.20. The van der Waals surface area contributed by atoms with Crippen molar-refractivity contribution in [3.05, 3.63) is 34.1 Å². The predicted molar refractivity (Wildman–Crippen MR) is 67.8 cm³/mol. The molecule has 0 fully saturated rings. The summed E-state index contributed by atoms with van der Waals surface area (Å²) in [7, 11) is 0. The number of rotatable bonds is 4. The molecule has 15 heavy (non-hydrogen) atoms. The lowest BCUT2D eigenvalue weighted by molar-refractivity contribution is 0.594. The van der Waals surface area contributed by atoms with Crippen LogP contribution in [0.3, 0.4) is 0 Å². The van der Waals surface area contributed by atoms with E-state index in [9.17, 15) is 4.39 Å². The van der Waals surface area contributed by atoms with Gasteiger partial charge in [-0.25, -0.2) is 4.39 Å². The normalized spacial score (nSPS) is 12.0. The number of hydrogen-bond donors (Lipinski definition) is 1. The summed E-state index contributed by atoms with van der Waals surface area (Å²) in [5.41, 5.74) is 6.97. The van der Waals surface area contributed by atoms with Crippen molar-refractivity contribution < 1.29 is 4.39 Å². The molecule has 1 nitrogen and oxygen atoms in total. The number of unbranched alkanes of at least 4 members (excludes halogenated alkanes) is 1. The van der Waals surface area contributed by atoms with Gasteiger partial charge in [0.2, 0.25) is 0 Å². The van der Waals surface area contributed by atoms with E-state index in [1.807, 2.05) is 0 Å². The summed E-state index contributed by atoms with van der Waals surface area (Å²) in [6.45, 7) is 2.13. The fourth-order valence-corrected chi connectivity index (χ4v) is 2.03. The van der Waals surface area contributed by atoms with Gasteiger partial charge < -0.3 is 5.73 Å². The van der Waals surface area contributed by atoms with E-state index in [-0.39, 0.29) is 24.3 Å². The summed E-state index contributed by atoms with van der Waals surface area (Å²) in [6, 6.07) is 4.66. The van der Waals surface area contributed by atoms with E-state index >= 15 is 0 Å². The van der Waals surface area contributed by atoms with Crippen LogP contribution in [0.1, 0.15) is 37.8 Å². The van der Waals surface area contributed by atoms with Crippen LogP contribution in [0.4, 0.5) is 4.39 Å². The van der Waals surface area contributed by atoms with Gasteiger partial charge >= 0.3 is 0 Å². The van der Waals surface area contributed by atoms with Gasteiger partial charge in [0.15, 0.2) is 0 Å². The maximum atomic E-state index is 12.8. The molecule has 4 heteroatoms. The fourth-order valence-electron chi connectivity index (χ4n) is 1.38. The molecule has 1 aromatic rings. The van der Waals surface area contributed by atoms with Crippen LogP contribution in [-0.4, -0.2) is 0 Å². The van der Waals surface area contributed by atoms with Crippen LogP contribution in [0.25, 0.3) is 0 Å². The second-order valence-corrected chi connectivity index (χ2v) is 4.27. The third-order valence-electron chi connectivity index (χ3n) is 2.23. The topological polar surface area (TPSA) is 26.0 Å². The molecule has 0 heterocycles. The summed E-state index contributed by atoms with van der Waals surface area (Å²) in [4.78, 5) is 0. The zero-order valence-corrected chi connectivity index (χ0v) is 11.1. The van der Waals surface area contributed by atoms with E-state index in [1.165, 1.54) is 12.1 Å². The SMILES string of the molecule is CCCC[C@H](N)c1ccc(F)cc1Br.Cl. The monoisotopic (exact) mass is 295 g/mol. The van der Waals surface area contributed by atoms with Crippen molar-refractivity contribution in [2.24, 2.45) is 5.73 Å². The molecule has 1 aromatic carbocycles. The molecule has 0 aliphatic rings. The third-order valence-corrected chi connectivity index (χ3v) is 2.92. The van der Waals surface area contributed by atoms with Crippen molar-refractivity contribution in [1.82, 2.24) is 0 Å². The Hall–Kier alpha value is -0.120. The van der Waals surface area contributed by atoms with Gasteiger partial charge in [-0.2, -0.15) is 0 Å². The van der Waals surface area contributed by atoms with Crippen LogP contribution >= 0.6 is 28.3 Å². The second kappa shape index (κ2) is 7.20. The van der Waals surface area contributed by atoms with Gasteiger partial charge in [0.25, 0.3) is 0 Å². The highest BCUT2D eigenvalue weighted by atomic mass is 79.9. The minimum atomic E-state index is -0.233. The Labute approximate surface area is 105 Å². The van der Waals surface area contributed by atoms with Crippen LogP contribution in [0.2, 0.25) is 0 Å². The van der Waals surface area contributed by atoms with Crippen LogP contribution in [0.15, 0.2) is 22.7 Å². The van der Waals surface area contributed by atoms with Crippen molar-refractivity contribution in [1.29, 1.82) is 0 Å². The Bertz CT molecular complexity index is 307. The van der Waals surface area contributed by atoms with Gasteiger partial charge in [-0.05, 0) is 24.1 Å². The lowest BCUT2D eigenvalue weighted by Crippen LogP contribution is -2.10. The molecule has 0 aliphatic carbocycles. The first kappa shape index (κ1) is 14.9. The van der Waals surface area contributed by atoms with Crippen LogP contribution in [-0.2, 0) is 0 Å². The molecule has 0 aliphatic heterocycles. The van der Waals surface area contributed by atoms with E-state index in [1.54, 1.807) is 6.07 Å². The summed E-state index contributed by atoms with van der Waals surface area (Å²) >= 11 is 3.32. The maximum absolute atomic E-state index is 12.8. The first-order chi connectivity index (χ1) is 6.65. The minimum absolute atomic E-state index is 0. The van der Waals surface area contributed by atoms with Crippen LogP contribution in [0.5, 0.6) is 0 Å². The van der Waals surface area contributed by atoms with Gasteiger partial charge in [-0.15, -0.1) is 12.4 Å². The number of halogens is 3. The lowest BCUT2D eigenvalue weighted by atomic mass is 10.0. The average Bonchev–Trinajstić information content (AvgIpc) is 2.14. The highest BCUT2D eigenvalue weighted by molar-refractivity contribution is 9.10. The number of hydrogen-bond acceptors (Lipinski definition) is 1. The summed E-state index contributed by atoms with van der Waals surface area (Å²) in [5.74, 6) is -0.233. The molecular weight excluding hydrogens is 280 g/mol. The third kappa shape index (κ3) is 4.49. The molecule has 0 radical (unpaired) electrons. The number of benzene rings is 1. The Kier molecular flexibility index (Phi) is 7.14. The lowest BCUT2D eigenvalue weighted by Gasteiger charge is -2.13. The first-order valence-corrected chi connectivity index (χ1v) is 5.65. The molecule has 0 bridgehead atoms. The highest BCUT2D eigenvalue weighted by Gasteiger charge is 2.09. The van der Waals surface area contributed by atoms with Crippen molar-refractivity contribution in [3.8, 4) is 0 Å². The van der Waals surface area contributed by atoms with Gasteiger partial charge in [-0.3, -0.25) is 0 Å². The molecule has 0 unspecified atom stereocenters. The molecule has 0 saturated heterocycles. The largest absolute Gasteiger partial charge is 0.324 e. The minimum Gasteiger partial charge on any atom is -0.324 e. The maximum Gasteiger partial charge on any atom is 0.124 e. The molecule has 0 amide bonds. The van der Waals surface area contributed by atoms with E-state index in [0.29, 0.717) is 0 Å². The zero-order chi connectivity index (χ0) is 10.6. The van der Waals surface area contributed by atoms with Gasteiger partial charge in [0, 0.05) is 10.5 Å². The number of nitrogens with two attached hydrogens (primary N) is 1. The molecule has 1 atom stereocenters. The van der Waals surface area contributed by atoms with Crippen molar-refractivity contribution in [3.63, 3.8) is 0 Å². The molecular formula is C11H16BrClFN. The van der Waals surface area contributed by atoms with Crippen molar-refractivity contribution in [2.75, 3.05) is 0 Å². The van der Waals surface area contributed by atoms with Gasteiger partial charge in [0.1, 0.15) is 5.82 Å².